The van der Waals surface area contributed by atoms with Gasteiger partial charge in [0.15, 0.2) is 5.76 Å². The molecule has 0 bridgehead atoms. The van der Waals surface area contributed by atoms with Crippen LogP contribution in [0.2, 0.25) is 0 Å². The lowest BCUT2D eigenvalue weighted by molar-refractivity contribution is 0.0677. The Morgan fingerprint density at radius 1 is 1.18 bits per heavy atom. The summed E-state index contributed by atoms with van der Waals surface area (Å²) in [7, 11) is 0. The summed E-state index contributed by atoms with van der Waals surface area (Å²) in [5.74, 6) is 3.47. The van der Waals surface area contributed by atoms with Gasteiger partial charge in [-0.1, -0.05) is 5.16 Å². The Balaban J connectivity index is 1.43. The highest BCUT2D eigenvalue weighted by Gasteiger charge is 2.28. The molecule has 4 rings (SSSR count). The van der Waals surface area contributed by atoms with Gasteiger partial charge in [0, 0.05) is 37.0 Å². The van der Waals surface area contributed by atoms with E-state index in [4.69, 9.17) is 8.94 Å². The van der Waals surface area contributed by atoms with Crippen molar-refractivity contribution in [3.05, 3.63) is 58.4 Å². The average Bonchev–Trinajstić information content (AvgIpc) is 3.38. The van der Waals surface area contributed by atoms with Crippen LogP contribution in [0.1, 0.15) is 63.5 Å². The van der Waals surface area contributed by atoms with E-state index >= 15 is 0 Å². The number of aromatic nitrogens is 3. The van der Waals surface area contributed by atoms with Gasteiger partial charge in [-0.2, -0.15) is 0 Å². The van der Waals surface area contributed by atoms with Crippen molar-refractivity contribution < 1.29 is 13.7 Å². The van der Waals surface area contributed by atoms with Crippen LogP contribution in [-0.4, -0.2) is 38.6 Å². The van der Waals surface area contributed by atoms with E-state index in [-0.39, 0.29) is 5.91 Å². The number of likely N-dealkylation sites (tertiary alicyclic amines) is 1. The van der Waals surface area contributed by atoms with Gasteiger partial charge in [-0.05, 0) is 52.2 Å². The van der Waals surface area contributed by atoms with E-state index in [0.29, 0.717) is 31.3 Å². The molecule has 0 radical (unpaired) electrons. The summed E-state index contributed by atoms with van der Waals surface area (Å²) in [5.41, 5.74) is 3.04. The van der Waals surface area contributed by atoms with Crippen LogP contribution in [0.3, 0.4) is 0 Å². The van der Waals surface area contributed by atoms with E-state index in [9.17, 15) is 4.79 Å². The minimum Gasteiger partial charge on any atom is -0.456 e. The largest absolute Gasteiger partial charge is 0.456 e. The van der Waals surface area contributed by atoms with E-state index in [2.05, 4.69) is 14.7 Å². The Labute approximate surface area is 164 Å². The van der Waals surface area contributed by atoms with Gasteiger partial charge in [0.25, 0.3) is 5.91 Å². The standard InChI is InChI=1S/C21H26N4O3/c1-13-11-19(27-15(13)3)21(26)24-8-5-17(6-9-24)20-22-7-10-25(20)12-18-14(2)23-28-16(18)4/h7,10-11,17H,5-6,8-9,12H2,1-4H3. The smallest absolute Gasteiger partial charge is 0.289 e. The highest BCUT2D eigenvalue weighted by Crippen LogP contribution is 2.29. The maximum atomic E-state index is 12.7. The molecule has 0 N–H and O–H groups in total. The molecular formula is C21H26N4O3. The molecule has 0 saturated carbocycles. The van der Waals surface area contributed by atoms with Gasteiger partial charge in [-0.15, -0.1) is 0 Å². The van der Waals surface area contributed by atoms with Gasteiger partial charge in [0.1, 0.15) is 17.3 Å². The third-order valence-electron chi connectivity index (χ3n) is 5.78. The number of amides is 1. The first-order valence-electron chi connectivity index (χ1n) is 9.73. The topological polar surface area (TPSA) is 77.3 Å². The Morgan fingerprint density at radius 2 is 1.93 bits per heavy atom. The summed E-state index contributed by atoms with van der Waals surface area (Å²) in [5, 5.41) is 4.04. The molecule has 0 aliphatic carbocycles. The zero-order chi connectivity index (χ0) is 19.8. The summed E-state index contributed by atoms with van der Waals surface area (Å²) < 4.78 is 13.1. The second kappa shape index (κ2) is 7.30. The fourth-order valence-electron chi connectivity index (χ4n) is 3.89. The van der Waals surface area contributed by atoms with Gasteiger partial charge in [0.05, 0.1) is 12.2 Å². The summed E-state index contributed by atoms with van der Waals surface area (Å²) in [6.07, 6.45) is 5.64. The number of carbonyl (C=O) groups is 1. The number of furan rings is 1. The number of rotatable bonds is 4. The Morgan fingerprint density at radius 3 is 2.54 bits per heavy atom. The molecule has 0 aromatic carbocycles. The first kappa shape index (κ1) is 18.5. The molecule has 1 aliphatic heterocycles. The van der Waals surface area contributed by atoms with E-state index in [1.807, 2.05) is 51.1 Å². The molecule has 7 nitrogen and oxygen atoms in total. The van der Waals surface area contributed by atoms with Crippen molar-refractivity contribution in [3.8, 4) is 0 Å². The van der Waals surface area contributed by atoms with E-state index < -0.39 is 0 Å². The normalized spacial score (nSPS) is 15.4. The number of nitrogens with zero attached hydrogens (tertiary/aromatic N) is 4. The summed E-state index contributed by atoms with van der Waals surface area (Å²) in [6, 6.07) is 1.83. The second-order valence-corrected chi connectivity index (χ2v) is 7.63. The molecule has 1 aliphatic rings. The molecule has 0 spiro atoms. The molecule has 1 saturated heterocycles. The van der Waals surface area contributed by atoms with Crippen molar-refractivity contribution in [2.45, 2.75) is 53.0 Å². The first-order chi connectivity index (χ1) is 13.4. The van der Waals surface area contributed by atoms with Crippen LogP contribution in [0.25, 0.3) is 0 Å². The van der Waals surface area contributed by atoms with Gasteiger partial charge in [-0.25, -0.2) is 4.98 Å². The molecule has 148 valence electrons. The third kappa shape index (κ3) is 3.37. The molecule has 4 heterocycles. The maximum absolute atomic E-state index is 12.7. The molecule has 3 aromatic rings. The zero-order valence-corrected chi connectivity index (χ0v) is 16.9. The van der Waals surface area contributed by atoms with Crippen molar-refractivity contribution in [2.24, 2.45) is 0 Å². The molecular weight excluding hydrogens is 356 g/mol. The van der Waals surface area contributed by atoms with Gasteiger partial charge in [0.2, 0.25) is 0 Å². The number of imidazole rings is 1. The fourth-order valence-corrected chi connectivity index (χ4v) is 3.89. The second-order valence-electron chi connectivity index (χ2n) is 7.63. The molecule has 0 unspecified atom stereocenters. The van der Waals surface area contributed by atoms with Crippen LogP contribution in [0.5, 0.6) is 0 Å². The minimum atomic E-state index is -0.0197. The third-order valence-corrected chi connectivity index (χ3v) is 5.78. The number of hydrogen-bond donors (Lipinski definition) is 0. The highest BCUT2D eigenvalue weighted by atomic mass is 16.5. The van der Waals surface area contributed by atoms with Crippen molar-refractivity contribution in [1.82, 2.24) is 19.6 Å². The quantitative estimate of drug-likeness (QED) is 0.686. The van der Waals surface area contributed by atoms with Crippen molar-refractivity contribution in [1.29, 1.82) is 0 Å². The van der Waals surface area contributed by atoms with E-state index in [0.717, 1.165) is 47.0 Å². The van der Waals surface area contributed by atoms with Crippen molar-refractivity contribution in [3.63, 3.8) is 0 Å². The van der Waals surface area contributed by atoms with Crippen LogP contribution in [0, 0.1) is 27.7 Å². The lowest BCUT2D eigenvalue weighted by atomic mass is 9.95. The van der Waals surface area contributed by atoms with Crippen molar-refractivity contribution >= 4 is 5.91 Å². The molecule has 3 aromatic heterocycles. The lowest BCUT2D eigenvalue weighted by Gasteiger charge is -2.31. The first-order valence-corrected chi connectivity index (χ1v) is 9.73. The molecule has 7 heteroatoms. The van der Waals surface area contributed by atoms with Gasteiger partial charge in [-0.3, -0.25) is 4.79 Å². The van der Waals surface area contributed by atoms with Gasteiger partial charge >= 0.3 is 0 Å². The Hall–Kier alpha value is -2.83. The highest BCUT2D eigenvalue weighted by molar-refractivity contribution is 5.91. The summed E-state index contributed by atoms with van der Waals surface area (Å²) in [4.78, 5) is 19.2. The maximum Gasteiger partial charge on any atom is 0.289 e. The van der Waals surface area contributed by atoms with Crippen LogP contribution in [0.4, 0.5) is 0 Å². The Kier molecular flexibility index (Phi) is 4.83. The molecule has 1 amide bonds. The number of piperidine rings is 1. The predicted molar refractivity (Wildman–Crippen MR) is 103 cm³/mol. The number of hydrogen-bond acceptors (Lipinski definition) is 5. The van der Waals surface area contributed by atoms with Crippen LogP contribution < -0.4 is 0 Å². The molecule has 0 atom stereocenters. The van der Waals surface area contributed by atoms with Crippen molar-refractivity contribution in [2.75, 3.05) is 13.1 Å². The fraction of sp³-hybridized carbons (Fsp3) is 0.476. The zero-order valence-electron chi connectivity index (χ0n) is 16.9. The monoisotopic (exact) mass is 382 g/mol. The SMILES string of the molecule is Cc1cc(C(=O)N2CCC(c3nccn3Cc3c(C)noc3C)CC2)oc1C. The predicted octanol–water partition coefficient (Wildman–Crippen LogP) is 3.77. The number of aryl methyl sites for hydroxylation is 4. The van der Waals surface area contributed by atoms with Gasteiger partial charge < -0.3 is 18.4 Å². The summed E-state index contributed by atoms with van der Waals surface area (Å²) >= 11 is 0. The molecule has 1 fully saturated rings. The summed E-state index contributed by atoms with van der Waals surface area (Å²) in [6.45, 7) is 9.87. The van der Waals surface area contributed by atoms with Crippen LogP contribution >= 0.6 is 0 Å². The Bertz CT molecular complexity index is 950. The van der Waals surface area contributed by atoms with E-state index in [1.165, 1.54) is 0 Å². The van der Waals surface area contributed by atoms with E-state index in [1.54, 1.807) is 0 Å². The van der Waals surface area contributed by atoms with Crippen LogP contribution in [0.15, 0.2) is 27.4 Å². The molecule has 28 heavy (non-hydrogen) atoms. The lowest BCUT2D eigenvalue weighted by Crippen LogP contribution is -2.38. The van der Waals surface area contributed by atoms with Crippen LogP contribution in [-0.2, 0) is 6.54 Å². The average molecular weight is 382 g/mol. The number of carbonyl (C=O) groups excluding carboxylic acids is 1. The minimum absolute atomic E-state index is 0.0197.